The number of carbonyl (C=O) groups excluding carboxylic acids is 2. The number of rotatable bonds is 4. The number of hydrogen-bond donors (Lipinski definition) is 3. The largest absolute Gasteiger partial charge is 0.348 e. The quantitative estimate of drug-likeness (QED) is 0.780. The van der Waals surface area contributed by atoms with Gasteiger partial charge in [0, 0.05) is 18.0 Å². The highest BCUT2D eigenvalue weighted by Gasteiger charge is 2.19. The summed E-state index contributed by atoms with van der Waals surface area (Å²) in [6, 6.07) is 8.98. The topological polar surface area (TPSA) is 70.2 Å². The Morgan fingerprint density at radius 3 is 2.71 bits per heavy atom. The zero-order valence-electron chi connectivity index (χ0n) is 13.1. The molecule has 1 fully saturated rings. The van der Waals surface area contributed by atoms with E-state index >= 15 is 0 Å². The number of thiophene rings is 1. The molecule has 2 aromatic rings. The fraction of sp³-hybridized carbons (Fsp3) is 0.294. The van der Waals surface area contributed by atoms with Crippen molar-refractivity contribution in [2.75, 3.05) is 18.4 Å². The minimum absolute atomic E-state index is 0. The molecule has 7 heteroatoms. The van der Waals surface area contributed by atoms with E-state index in [9.17, 15) is 9.59 Å². The lowest BCUT2D eigenvalue weighted by atomic mass is 10.1. The highest BCUT2D eigenvalue weighted by atomic mass is 35.5. The normalized spacial score (nSPS) is 16.8. The van der Waals surface area contributed by atoms with Crippen molar-refractivity contribution in [1.29, 1.82) is 0 Å². The lowest BCUT2D eigenvalue weighted by Crippen LogP contribution is -2.45. The van der Waals surface area contributed by atoms with Crippen molar-refractivity contribution < 1.29 is 9.59 Å². The molecule has 24 heavy (non-hydrogen) atoms. The lowest BCUT2D eigenvalue weighted by molar-refractivity contribution is 0.0931. The smallest absolute Gasteiger partial charge is 0.256 e. The minimum Gasteiger partial charge on any atom is -0.348 e. The minimum atomic E-state index is -0.203. The van der Waals surface area contributed by atoms with E-state index in [-0.39, 0.29) is 30.3 Å². The van der Waals surface area contributed by atoms with Crippen molar-refractivity contribution in [2.45, 2.75) is 18.9 Å². The SMILES string of the molecule is Cl.O=C(Nc1ccccc1C(=O)N[C@H]1CCCNC1)c1ccsc1. The van der Waals surface area contributed by atoms with Gasteiger partial charge in [-0.15, -0.1) is 12.4 Å². The average Bonchev–Trinajstić information content (AvgIpc) is 3.11. The van der Waals surface area contributed by atoms with Crippen LogP contribution in [0.1, 0.15) is 33.6 Å². The molecule has 128 valence electrons. The van der Waals surface area contributed by atoms with Crippen LogP contribution >= 0.6 is 23.7 Å². The van der Waals surface area contributed by atoms with Gasteiger partial charge in [-0.25, -0.2) is 0 Å². The molecule has 0 bridgehead atoms. The number of carbonyl (C=O) groups is 2. The molecule has 0 radical (unpaired) electrons. The Morgan fingerprint density at radius 2 is 2.00 bits per heavy atom. The van der Waals surface area contributed by atoms with E-state index in [0.717, 1.165) is 25.9 Å². The molecule has 1 aliphatic rings. The monoisotopic (exact) mass is 365 g/mol. The van der Waals surface area contributed by atoms with Gasteiger partial charge in [-0.05, 0) is 43.0 Å². The summed E-state index contributed by atoms with van der Waals surface area (Å²) in [7, 11) is 0. The van der Waals surface area contributed by atoms with Crippen molar-refractivity contribution in [2.24, 2.45) is 0 Å². The molecule has 2 heterocycles. The second-order valence-electron chi connectivity index (χ2n) is 5.53. The molecule has 1 aromatic heterocycles. The molecule has 0 unspecified atom stereocenters. The third-order valence-electron chi connectivity index (χ3n) is 3.84. The third kappa shape index (κ3) is 4.56. The lowest BCUT2D eigenvalue weighted by Gasteiger charge is -2.24. The molecule has 0 aliphatic carbocycles. The van der Waals surface area contributed by atoms with Gasteiger partial charge in [-0.3, -0.25) is 9.59 Å². The number of hydrogen-bond acceptors (Lipinski definition) is 4. The summed E-state index contributed by atoms with van der Waals surface area (Å²) >= 11 is 1.47. The summed E-state index contributed by atoms with van der Waals surface area (Å²) in [6.45, 7) is 1.79. The van der Waals surface area contributed by atoms with Gasteiger partial charge in [-0.1, -0.05) is 12.1 Å². The Labute approximate surface area is 151 Å². The molecule has 3 N–H and O–H groups in total. The summed E-state index contributed by atoms with van der Waals surface area (Å²) in [5.41, 5.74) is 1.62. The molecule has 0 spiro atoms. The molecule has 5 nitrogen and oxygen atoms in total. The van der Waals surface area contributed by atoms with Crippen molar-refractivity contribution in [3.8, 4) is 0 Å². The molecule has 2 amide bonds. The van der Waals surface area contributed by atoms with Crippen LogP contribution in [0.25, 0.3) is 0 Å². The maximum Gasteiger partial charge on any atom is 0.256 e. The van der Waals surface area contributed by atoms with Gasteiger partial charge in [0.05, 0.1) is 16.8 Å². The van der Waals surface area contributed by atoms with E-state index in [1.165, 1.54) is 11.3 Å². The van der Waals surface area contributed by atoms with Crippen LogP contribution in [-0.2, 0) is 0 Å². The van der Waals surface area contributed by atoms with Crippen molar-refractivity contribution >= 4 is 41.2 Å². The number of para-hydroxylation sites is 1. The predicted octanol–water partition coefficient (Wildman–Crippen LogP) is 2.90. The second-order valence-corrected chi connectivity index (χ2v) is 6.31. The fourth-order valence-corrected chi connectivity index (χ4v) is 3.25. The van der Waals surface area contributed by atoms with Crippen LogP contribution in [0.4, 0.5) is 5.69 Å². The standard InChI is InChI=1S/C17H19N3O2S.ClH/c21-16(12-7-9-23-11-12)20-15-6-2-1-5-14(15)17(22)19-13-4-3-8-18-10-13;/h1-2,5-7,9,11,13,18H,3-4,8,10H2,(H,19,22)(H,20,21);1H/t13-;/m0./s1. The maximum absolute atomic E-state index is 12.5. The van der Waals surface area contributed by atoms with Gasteiger partial charge in [-0.2, -0.15) is 11.3 Å². The highest BCUT2D eigenvalue weighted by molar-refractivity contribution is 7.08. The number of nitrogens with one attached hydrogen (secondary N) is 3. The molecule has 3 rings (SSSR count). The first kappa shape index (κ1) is 18.4. The van der Waals surface area contributed by atoms with Crippen LogP contribution in [-0.4, -0.2) is 30.9 Å². The molecule has 1 atom stereocenters. The maximum atomic E-state index is 12.5. The first-order valence-corrected chi connectivity index (χ1v) is 8.62. The van der Waals surface area contributed by atoms with Crippen LogP contribution in [0.15, 0.2) is 41.1 Å². The Balaban J connectivity index is 0.00000208. The molecule has 1 aliphatic heterocycles. The Bertz CT molecular complexity index is 685. The number of anilines is 1. The third-order valence-corrected chi connectivity index (χ3v) is 4.52. The Hall–Kier alpha value is -1.89. The van der Waals surface area contributed by atoms with Crippen molar-refractivity contribution in [1.82, 2.24) is 10.6 Å². The second kappa shape index (κ2) is 8.82. The molecule has 1 aromatic carbocycles. The first-order chi connectivity index (χ1) is 11.2. The van der Waals surface area contributed by atoms with E-state index in [4.69, 9.17) is 0 Å². The molecular weight excluding hydrogens is 346 g/mol. The zero-order valence-corrected chi connectivity index (χ0v) is 14.7. The number of piperidine rings is 1. The van der Waals surface area contributed by atoms with Crippen LogP contribution in [0.3, 0.4) is 0 Å². The highest BCUT2D eigenvalue weighted by Crippen LogP contribution is 2.17. The molecular formula is C17H20ClN3O2S. The van der Waals surface area contributed by atoms with Gasteiger partial charge in [0.1, 0.15) is 0 Å². The summed E-state index contributed by atoms with van der Waals surface area (Å²) in [4.78, 5) is 24.7. The Kier molecular flexibility index (Phi) is 6.78. The summed E-state index contributed by atoms with van der Waals surface area (Å²) < 4.78 is 0. The van der Waals surface area contributed by atoms with Gasteiger partial charge >= 0.3 is 0 Å². The molecule has 1 saturated heterocycles. The van der Waals surface area contributed by atoms with E-state index in [1.807, 2.05) is 11.4 Å². The Morgan fingerprint density at radius 1 is 1.17 bits per heavy atom. The van der Waals surface area contributed by atoms with Gasteiger partial charge in [0.25, 0.3) is 11.8 Å². The number of amides is 2. The van der Waals surface area contributed by atoms with Crippen molar-refractivity contribution in [3.63, 3.8) is 0 Å². The molecule has 0 saturated carbocycles. The summed E-state index contributed by atoms with van der Waals surface area (Å²) in [5.74, 6) is -0.356. The van der Waals surface area contributed by atoms with Gasteiger partial charge in [0.15, 0.2) is 0 Å². The van der Waals surface area contributed by atoms with E-state index < -0.39 is 0 Å². The predicted molar refractivity (Wildman–Crippen MR) is 99.3 cm³/mol. The van der Waals surface area contributed by atoms with Crippen LogP contribution < -0.4 is 16.0 Å². The van der Waals surface area contributed by atoms with Crippen LogP contribution in [0.2, 0.25) is 0 Å². The van der Waals surface area contributed by atoms with Crippen LogP contribution in [0, 0.1) is 0 Å². The van der Waals surface area contributed by atoms with Gasteiger partial charge < -0.3 is 16.0 Å². The number of halogens is 1. The van der Waals surface area contributed by atoms with E-state index in [2.05, 4.69) is 16.0 Å². The van der Waals surface area contributed by atoms with Gasteiger partial charge in [0.2, 0.25) is 0 Å². The fourth-order valence-electron chi connectivity index (χ4n) is 2.62. The van der Waals surface area contributed by atoms with Crippen LogP contribution in [0.5, 0.6) is 0 Å². The first-order valence-electron chi connectivity index (χ1n) is 7.68. The van der Waals surface area contributed by atoms with E-state index in [1.54, 1.807) is 29.6 Å². The number of benzene rings is 1. The summed E-state index contributed by atoms with van der Waals surface area (Å²) in [5, 5.41) is 12.8. The summed E-state index contributed by atoms with van der Waals surface area (Å²) in [6.07, 6.45) is 2.03. The van der Waals surface area contributed by atoms with E-state index in [0.29, 0.717) is 16.8 Å². The average molecular weight is 366 g/mol. The zero-order chi connectivity index (χ0) is 16.1. The van der Waals surface area contributed by atoms with Crippen molar-refractivity contribution in [3.05, 3.63) is 52.2 Å².